The average Bonchev–Trinajstić information content (AvgIpc) is 3.33. The first-order chi connectivity index (χ1) is 16.8. The number of anilines is 2. The number of fused-ring (bicyclic) bond motifs is 5. The third-order valence-corrected chi connectivity index (χ3v) is 7.21. The summed E-state index contributed by atoms with van der Waals surface area (Å²) < 4.78 is 33.9. The molecule has 0 saturated carbocycles. The number of hydrogen-bond acceptors (Lipinski definition) is 9. The van der Waals surface area contributed by atoms with E-state index in [9.17, 15) is 13.6 Å². The third-order valence-electron chi connectivity index (χ3n) is 5.89. The zero-order chi connectivity index (χ0) is 24.3. The van der Waals surface area contributed by atoms with Gasteiger partial charge in [-0.1, -0.05) is 0 Å². The van der Waals surface area contributed by atoms with E-state index in [-0.39, 0.29) is 48.0 Å². The molecule has 2 aliphatic rings. The lowest BCUT2D eigenvalue weighted by Crippen LogP contribution is -2.34. The second-order valence-electron chi connectivity index (χ2n) is 8.53. The molecular weight excluding hydrogens is 500 g/mol. The molecule has 4 aromatic rings. The molecule has 2 N–H and O–H groups in total. The molecule has 1 fully saturated rings. The van der Waals surface area contributed by atoms with Gasteiger partial charge >= 0.3 is 6.01 Å². The maximum absolute atomic E-state index is 13.6. The lowest BCUT2D eigenvalue weighted by molar-refractivity contribution is 0.0256. The van der Waals surface area contributed by atoms with Crippen LogP contribution in [0.5, 0.6) is 11.9 Å². The number of ether oxygens (including phenoxy) is 1. The van der Waals surface area contributed by atoms with E-state index in [2.05, 4.69) is 30.6 Å². The van der Waals surface area contributed by atoms with Crippen molar-refractivity contribution < 1.29 is 18.3 Å². The molecule has 0 unspecified atom stereocenters. The highest BCUT2D eigenvalue weighted by atomic mass is 35.5. The molecule has 0 spiro atoms. The Bertz CT molecular complexity index is 1500. The maximum atomic E-state index is 13.6. The summed E-state index contributed by atoms with van der Waals surface area (Å²) in [7, 11) is 0. The molecule has 0 aliphatic carbocycles. The van der Waals surface area contributed by atoms with Crippen LogP contribution < -0.4 is 20.3 Å². The Morgan fingerprint density at radius 3 is 2.86 bits per heavy atom. The Balaban J connectivity index is 1.35. The van der Waals surface area contributed by atoms with E-state index < -0.39 is 12.5 Å². The normalized spacial score (nSPS) is 19.4. The standard InChI is InChI=1S/C22H18ClF2N7O2S/c1-10-8-26-16-15-11-2-5-14(28-12(11)3-4-13(15)35-17(16)18(33)27-10)34-21-30-19(23)29-20(31-21)32-7-6-22(24,25)9-32/h2-5,10,26H,6-9H2,1H3,(H,27,33)/t10-/m1/s1. The number of rotatable bonds is 3. The summed E-state index contributed by atoms with van der Waals surface area (Å²) in [6.45, 7) is 2.17. The summed E-state index contributed by atoms with van der Waals surface area (Å²) in [6.07, 6.45) is -0.283. The first kappa shape index (κ1) is 22.1. The molecule has 0 bridgehead atoms. The topological polar surface area (TPSA) is 105 Å². The number of nitrogens with zero attached hydrogens (tertiary/aromatic N) is 5. The van der Waals surface area contributed by atoms with Crippen LogP contribution in [0.3, 0.4) is 0 Å². The van der Waals surface area contributed by atoms with Gasteiger partial charge in [0, 0.05) is 47.1 Å². The molecule has 3 aromatic heterocycles. The monoisotopic (exact) mass is 517 g/mol. The van der Waals surface area contributed by atoms with Crippen LogP contribution in [0.1, 0.15) is 23.0 Å². The molecule has 1 aromatic carbocycles. The third kappa shape index (κ3) is 4.06. The Morgan fingerprint density at radius 1 is 1.20 bits per heavy atom. The van der Waals surface area contributed by atoms with E-state index >= 15 is 0 Å². The van der Waals surface area contributed by atoms with Crippen molar-refractivity contribution in [2.45, 2.75) is 25.3 Å². The summed E-state index contributed by atoms with van der Waals surface area (Å²) in [5, 5.41) is 7.98. The predicted molar refractivity (Wildman–Crippen MR) is 129 cm³/mol. The van der Waals surface area contributed by atoms with Crippen molar-refractivity contribution in [3.05, 3.63) is 34.4 Å². The summed E-state index contributed by atoms with van der Waals surface area (Å²) >= 11 is 7.43. The number of alkyl halides is 2. The number of thiophene rings is 1. The molecule has 35 heavy (non-hydrogen) atoms. The highest BCUT2D eigenvalue weighted by Gasteiger charge is 2.39. The Hall–Kier alpha value is -3.38. The smallest absolute Gasteiger partial charge is 0.329 e. The largest absolute Gasteiger partial charge is 0.405 e. The van der Waals surface area contributed by atoms with Crippen molar-refractivity contribution in [2.75, 3.05) is 29.9 Å². The highest BCUT2D eigenvalue weighted by molar-refractivity contribution is 7.21. The van der Waals surface area contributed by atoms with Gasteiger partial charge in [0.2, 0.25) is 17.1 Å². The molecule has 13 heteroatoms. The minimum atomic E-state index is -2.81. The lowest BCUT2D eigenvalue weighted by Gasteiger charge is -2.16. The maximum Gasteiger partial charge on any atom is 0.329 e. The minimum absolute atomic E-state index is 0.00844. The van der Waals surface area contributed by atoms with Crippen molar-refractivity contribution >= 4 is 61.5 Å². The number of benzene rings is 1. The molecule has 9 nitrogen and oxygen atoms in total. The number of pyridine rings is 1. The number of carbonyl (C=O) groups is 1. The number of hydrogen-bond donors (Lipinski definition) is 2. The van der Waals surface area contributed by atoms with Crippen LogP contribution in [0.25, 0.3) is 21.0 Å². The zero-order valence-corrected chi connectivity index (χ0v) is 19.9. The van der Waals surface area contributed by atoms with Gasteiger partial charge in [-0.2, -0.15) is 15.0 Å². The van der Waals surface area contributed by atoms with Gasteiger partial charge < -0.3 is 20.3 Å². The summed E-state index contributed by atoms with van der Waals surface area (Å²) in [5.74, 6) is -2.67. The molecule has 180 valence electrons. The van der Waals surface area contributed by atoms with Crippen molar-refractivity contribution in [2.24, 2.45) is 0 Å². The molecule has 5 heterocycles. The molecule has 6 rings (SSSR count). The number of nitrogens with one attached hydrogen (secondary N) is 2. The number of halogens is 3. The molecule has 0 radical (unpaired) electrons. The van der Waals surface area contributed by atoms with Crippen LogP contribution in [0, 0.1) is 0 Å². The second-order valence-corrected chi connectivity index (χ2v) is 9.92. The van der Waals surface area contributed by atoms with E-state index in [1.54, 1.807) is 6.07 Å². The average molecular weight is 518 g/mol. The number of amides is 1. The fourth-order valence-electron chi connectivity index (χ4n) is 4.27. The first-order valence-electron chi connectivity index (χ1n) is 10.9. The first-order valence-corrected chi connectivity index (χ1v) is 12.1. The van der Waals surface area contributed by atoms with Crippen LogP contribution in [0.15, 0.2) is 24.3 Å². The van der Waals surface area contributed by atoms with Gasteiger partial charge in [-0.25, -0.2) is 13.8 Å². The lowest BCUT2D eigenvalue weighted by atomic mass is 10.1. The SMILES string of the molecule is C[C@@H]1CNc2c(sc3ccc4nc(Oc5nc(Cl)nc(N6CCC(F)(F)C6)n5)ccc4c23)C(=O)N1. The summed E-state index contributed by atoms with van der Waals surface area (Å²) in [4.78, 5) is 31.2. The Morgan fingerprint density at radius 2 is 2.06 bits per heavy atom. The van der Waals surface area contributed by atoms with Gasteiger partial charge in [0.25, 0.3) is 11.8 Å². The fraction of sp³-hybridized carbons (Fsp3) is 0.318. The van der Waals surface area contributed by atoms with Crippen molar-refractivity contribution in [1.82, 2.24) is 25.3 Å². The summed E-state index contributed by atoms with van der Waals surface area (Å²) in [5.41, 5.74) is 1.44. The van der Waals surface area contributed by atoms with Crippen LogP contribution in [-0.4, -0.2) is 57.4 Å². The van der Waals surface area contributed by atoms with Crippen molar-refractivity contribution in [3.63, 3.8) is 0 Å². The van der Waals surface area contributed by atoms with Crippen LogP contribution in [0.2, 0.25) is 5.28 Å². The van der Waals surface area contributed by atoms with Gasteiger partial charge in [-0.3, -0.25) is 4.79 Å². The van der Waals surface area contributed by atoms with Crippen molar-refractivity contribution in [1.29, 1.82) is 0 Å². The quantitative estimate of drug-likeness (QED) is 0.410. The van der Waals surface area contributed by atoms with Crippen LogP contribution in [0.4, 0.5) is 20.4 Å². The van der Waals surface area contributed by atoms with Gasteiger partial charge in [-0.15, -0.1) is 11.3 Å². The van der Waals surface area contributed by atoms with E-state index in [1.165, 1.54) is 16.2 Å². The number of aromatic nitrogens is 4. The molecule has 1 amide bonds. The molecule has 1 saturated heterocycles. The van der Waals surface area contributed by atoms with E-state index in [1.807, 2.05) is 25.1 Å². The Labute approximate surface area is 206 Å². The molecule has 1 atom stereocenters. The summed E-state index contributed by atoms with van der Waals surface area (Å²) in [6, 6.07) is 7.14. The van der Waals surface area contributed by atoms with Crippen LogP contribution >= 0.6 is 22.9 Å². The van der Waals surface area contributed by atoms with E-state index in [0.29, 0.717) is 16.9 Å². The highest BCUT2D eigenvalue weighted by Crippen LogP contribution is 2.41. The van der Waals surface area contributed by atoms with Crippen molar-refractivity contribution in [3.8, 4) is 11.9 Å². The molecular formula is C22H18ClF2N7O2S. The predicted octanol–water partition coefficient (Wildman–Crippen LogP) is 4.47. The minimum Gasteiger partial charge on any atom is -0.405 e. The van der Waals surface area contributed by atoms with Gasteiger partial charge in [0.05, 0.1) is 17.7 Å². The molecule has 2 aliphatic heterocycles. The van der Waals surface area contributed by atoms with E-state index in [4.69, 9.17) is 16.3 Å². The zero-order valence-electron chi connectivity index (χ0n) is 18.3. The van der Waals surface area contributed by atoms with E-state index in [0.717, 1.165) is 21.2 Å². The second kappa shape index (κ2) is 8.09. The van der Waals surface area contributed by atoms with Gasteiger partial charge in [-0.05, 0) is 36.7 Å². The Kier molecular flexibility index (Phi) is 5.11. The van der Waals surface area contributed by atoms with Gasteiger partial charge in [0.15, 0.2) is 0 Å². The number of carbonyl (C=O) groups excluding carboxylic acids is 1. The van der Waals surface area contributed by atoms with Crippen LogP contribution in [-0.2, 0) is 0 Å². The fourth-order valence-corrected chi connectivity index (χ4v) is 5.52. The van der Waals surface area contributed by atoms with Gasteiger partial charge in [0.1, 0.15) is 4.88 Å².